The number of anilines is 1. The van der Waals surface area contributed by atoms with E-state index in [0.717, 1.165) is 31.0 Å². The average molecular weight is 178 g/mol. The number of hydrogen-bond acceptors (Lipinski definition) is 3. The van der Waals surface area contributed by atoms with Crippen molar-refractivity contribution in [2.24, 2.45) is 0 Å². The van der Waals surface area contributed by atoms with E-state index in [1.165, 1.54) is 0 Å². The van der Waals surface area contributed by atoms with E-state index in [0.29, 0.717) is 0 Å². The number of aliphatic hydroxyl groups is 1. The highest BCUT2D eigenvalue weighted by Crippen LogP contribution is 2.17. The Bertz CT molecular complexity index is 301. The molecule has 0 aliphatic carbocycles. The molecule has 13 heavy (non-hydrogen) atoms. The maximum Gasteiger partial charge on any atom is 0.128 e. The van der Waals surface area contributed by atoms with E-state index in [9.17, 15) is 5.11 Å². The largest absolute Gasteiger partial charge is 0.391 e. The van der Waals surface area contributed by atoms with Crippen LogP contribution in [0.5, 0.6) is 0 Å². The van der Waals surface area contributed by atoms with Gasteiger partial charge in [0, 0.05) is 18.8 Å². The second kappa shape index (κ2) is 3.34. The van der Waals surface area contributed by atoms with Crippen LogP contribution in [0.3, 0.4) is 0 Å². The minimum atomic E-state index is -0.178. The fraction of sp³-hybridized carbons (Fsp3) is 0.500. The molecular formula is C10H14N2O. The van der Waals surface area contributed by atoms with Gasteiger partial charge in [-0.3, -0.25) is 0 Å². The van der Waals surface area contributed by atoms with Gasteiger partial charge in [0.05, 0.1) is 6.10 Å². The van der Waals surface area contributed by atoms with Crippen molar-refractivity contribution >= 4 is 5.82 Å². The van der Waals surface area contributed by atoms with Gasteiger partial charge >= 0.3 is 0 Å². The summed E-state index contributed by atoms with van der Waals surface area (Å²) in [4.78, 5) is 6.53. The number of rotatable bonds is 1. The summed E-state index contributed by atoms with van der Waals surface area (Å²) in [6, 6.07) is 5.98. The predicted molar refractivity (Wildman–Crippen MR) is 51.8 cm³/mol. The van der Waals surface area contributed by atoms with Gasteiger partial charge in [0.15, 0.2) is 0 Å². The highest BCUT2D eigenvalue weighted by Gasteiger charge is 2.20. The SMILES string of the molecule is Cc1cccc(N2CCC(O)C2)n1. The first-order chi connectivity index (χ1) is 6.25. The van der Waals surface area contributed by atoms with Crippen LogP contribution in [0, 0.1) is 6.92 Å². The van der Waals surface area contributed by atoms with Crippen LogP contribution in [0.4, 0.5) is 5.82 Å². The molecule has 1 aliphatic rings. The third-order valence-electron chi connectivity index (χ3n) is 2.36. The van der Waals surface area contributed by atoms with Crippen molar-refractivity contribution in [3.63, 3.8) is 0 Å². The van der Waals surface area contributed by atoms with Gasteiger partial charge in [-0.2, -0.15) is 0 Å². The number of nitrogens with zero attached hydrogens (tertiary/aromatic N) is 2. The third kappa shape index (κ3) is 1.80. The molecule has 0 amide bonds. The Morgan fingerprint density at radius 3 is 3.00 bits per heavy atom. The van der Waals surface area contributed by atoms with E-state index in [-0.39, 0.29) is 6.10 Å². The second-order valence-corrected chi connectivity index (χ2v) is 3.53. The van der Waals surface area contributed by atoms with Gasteiger partial charge in [0.1, 0.15) is 5.82 Å². The molecule has 0 saturated carbocycles. The zero-order valence-electron chi connectivity index (χ0n) is 7.77. The molecule has 1 aromatic rings. The van der Waals surface area contributed by atoms with Gasteiger partial charge in [-0.05, 0) is 25.5 Å². The minimum Gasteiger partial charge on any atom is -0.391 e. The Balaban J connectivity index is 2.16. The highest BCUT2D eigenvalue weighted by atomic mass is 16.3. The first-order valence-corrected chi connectivity index (χ1v) is 4.62. The Kier molecular flexibility index (Phi) is 2.19. The lowest BCUT2D eigenvalue weighted by Crippen LogP contribution is -2.22. The first kappa shape index (κ1) is 8.51. The van der Waals surface area contributed by atoms with Gasteiger partial charge in [-0.25, -0.2) is 4.98 Å². The molecular weight excluding hydrogens is 164 g/mol. The van der Waals surface area contributed by atoms with Crippen molar-refractivity contribution in [1.29, 1.82) is 0 Å². The van der Waals surface area contributed by atoms with Gasteiger partial charge in [0.2, 0.25) is 0 Å². The lowest BCUT2D eigenvalue weighted by atomic mass is 10.3. The van der Waals surface area contributed by atoms with Gasteiger partial charge < -0.3 is 10.0 Å². The molecule has 0 bridgehead atoms. The number of aromatic nitrogens is 1. The zero-order chi connectivity index (χ0) is 9.26. The van der Waals surface area contributed by atoms with Crippen molar-refractivity contribution < 1.29 is 5.11 Å². The Labute approximate surface area is 78.0 Å². The quantitative estimate of drug-likeness (QED) is 0.696. The maximum absolute atomic E-state index is 9.36. The fourth-order valence-electron chi connectivity index (χ4n) is 1.65. The van der Waals surface area contributed by atoms with E-state index >= 15 is 0 Å². The van der Waals surface area contributed by atoms with E-state index in [4.69, 9.17) is 0 Å². The summed E-state index contributed by atoms with van der Waals surface area (Å²) in [5, 5.41) is 9.36. The Morgan fingerprint density at radius 1 is 1.54 bits per heavy atom. The van der Waals surface area contributed by atoms with Crippen molar-refractivity contribution in [3.05, 3.63) is 23.9 Å². The van der Waals surface area contributed by atoms with Gasteiger partial charge in [-0.1, -0.05) is 6.07 Å². The molecule has 1 N–H and O–H groups in total. The van der Waals surface area contributed by atoms with Crippen LogP contribution in [0.15, 0.2) is 18.2 Å². The molecule has 1 unspecified atom stereocenters. The molecule has 1 fully saturated rings. The van der Waals surface area contributed by atoms with Crippen LogP contribution >= 0.6 is 0 Å². The molecule has 0 aromatic carbocycles. The average Bonchev–Trinajstić information content (AvgIpc) is 2.52. The molecule has 2 heterocycles. The third-order valence-corrected chi connectivity index (χ3v) is 2.36. The number of aryl methyl sites for hydroxylation is 1. The number of hydrogen-bond donors (Lipinski definition) is 1. The van der Waals surface area contributed by atoms with E-state index in [2.05, 4.69) is 9.88 Å². The first-order valence-electron chi connectivity index (χ1n) is 4.62. The maximum atomic E-state index is 9.36. The van der Waals surface area contributed by atoms with Crippen LogP contribution in [0.2, 0.25) is 0 Å². The summed E-state index contributed by atoms with van der Waals surface area (Å²) >= 11 is 0. The number of aliphatic hydroxyl groups excluding tert-OH is 1. The molecule has 1 atom stereocenters. The molecule has 1 saturated heterocycles. The molecule has 3 heteroatoms. The normalized spacial score (nSPS) is 22.3. The van der Waals surface area contributed by atoms with Crippen LogP contribution in [0.1, 0.15) is 12.1 Å². The van der Waals surface area contributed by atoms with Crippen LogP contribution in [0.25, 0.3) is 0 Å². The molecule has 0 spiro atoms. The van der Waals surface area contributed by atoms with Gasteiger partial charge in [-0.15, -0.1) is 0 Å². The molecule has 0 radical (unpaired) electrons. The minimum absolute atomic E-state index is 0.178. The monoisotopic (exact) mass is 178 g/mol. The highest BCUT2D eigenvalue weighted by molar-refractivity contribution is 5.40. The summed E-state index contributed by atoms with van der Waals surface area (Å²) in [5.41, 5.74) is 1.03. The number of pyridine rings is 1. The zero-order valence-corrected chi connectivity index (χ0v) is 7.77. The van der Waals surface area contributed by atoms with Crippen molar-refractivity contribution in [2.75, 3.05) is 18.0 Å². The predicted octanol–water partition coefficient (Wildman–Crippen LogP) is 0.961. The Hall–Kier alpha value is -1.09. The van der Waals surface area contributed by atoms with Gasteiger partial charge in [0.25, 0.3) is 0 Å². The van der Waals surface area contributed by atoms with E-state index in [1.807, 2.05) is 25.1 Å². The van der Waals surface area contributed by atoms with Crippen molar-refractivity contribution in [2.45, 2.75) is 19.4 Å². The van der Waals surface area contributed by atoms with E-state index < -0.39 is 0 Å². The van der Waals surface area contributed by atoms with Crippen LogP contribution < -0.4 is 4.90 Å². The summed E-state index contributed by atoms with van der Waals surface area (Å²) in [5.74, 6) is 0.983. The van der Waals surface area contributed by atoms with Crippen molar-refractivity contribution in [1.82, 2.24) is 4.98 Å². The molecule has 2 rings (SSSR count). The van der Waals surface area contributed by atoms with Crippen LogP contribution in [-0.4, -0.2) is 29.3 Å². The standard InChI is InChI=1S/C10H14N2O/c1-8-3-2-4-10(11-8)12-6-5-9(13)7-12/h2-4,9,13H,5-7H2,1H3. The summed E-state index contributed by atoms with van der Waals surface area (Å²) in [6.07, 6.45) is 0.678. The lowest BCUT2D eigenvalue weighted by Gasteiger charge is -2.16. The molecule has 70 valence electrons. The Morgan fingerprint density at radius 2 is 2.38 bits per heavy atom. The lowest BCUT2D eigenvalue weighted by molar-refractivity contribution is 0.198. The van der Waals surface area contributed by atoms with Crippen molar-refractivity contribution in [3.8, 4) is 0 Å². The smallest absolute Gasteiger partial charge is 0.128 e. The second-order valence-electron chi connectivity index (χ2n) is 3.53. The van der Waals surface area contributed by atoms with E-state index in [1.54, 1.807) is 0 Å². The molecule has 1 aromatic heterocycles. The molecule has 3 nitrogen and oxygen atoms in total. The molecule has 1 aliphatic heterocycles. The van der Waals surface area contributed by atoms with Crippen LogP contribution in [-0.2, 0) is 0 Å². The fourth-order valence-corrected chi connectivity index (χ4v) is 1.65. The topological polar surface area (TPSA) is 36.4 Å². The summed E-state index contributed by atoms with van der Waals surface area (Å²) in [6.45, 7) is 3.62. The number of β-amino-alcohol motifs (C(OH)–C–C–N with tert-alkyl or cyclic N) is 1. The summed E-state index contributed by atoms with van der Waals surface area (Å²) < 4.78 is 0. The summed E-state index contributed by atoms with van der Waals surface area (Å²) in [7, 11) is 0.